The van der Waals surface area contributed by atoms with Crippen molar-refractivity contribution >= 4 is 17.3 Å². The highest BCUT2D eigenvalue weighted by Crippen LogP contribution is 2.18. The molecule has 0 aliphatic carbocycles. The third-order valence-electron chi connectivity index (χ3n) is 3.56. The number of hydrogen-bond donors (Lipinski definition) is 1. The Labute approximate surface area is 146 Å². The first-order chi connectivity index (χ1) is 11.6. The van der Waals surface area contributed by atoms with Crippen molar-refractivity contribution < 1.29 is 9.13 Å². The van der Waals surface area contributed by atoms with Gasteiger partial charge in [-0.1, -0.05) is 13.0 Å². The molecule has 2 rings (SSSR count). The highest BCUT2D eigenvalue weighted by Gasteiger charge is 2.10. The first-order valence-electron chi connectivity index (χ1n) is 7.75. The predicted octanol–water partition coefficient (Wildman–Crippen LogP) is 3.06. The third kappa shape index (κ3) is 4.67. The molecule has 0 atom stereocenters. The van der Waals surface area contributed by atoms with Gasteiger partial charge in [-0.2, -0.15) is 0 Å². The monoisotopic (exact) mass is 350 g/mol. The van der Waals surface area contributed by atoms with Gasteiger partial charge in [-0.3, -0.25) is 4.99 Å². The smallest absolute Gasteiger partial charge is 0.194 e. The molecule has 7 heteroatoms. The van der Waals surface area contributed by atoms with E-state index in [1.165, 1.54) is 18.1 Å². The van der Waals surface area contributed by atoms with Crippen LogP contribution in [0.5, 0.6) is 5.75 Å². The Morgan fingerprint density at radius 3 is 2.83 bits per heavy atom. The van der Waals surface area contributed by atoms with E-state index >= 15 is 0 Å². The summed E-state index contributed by atoms with van der Waals surface area (Å²) < 4.78 is 18.7. The van der Waals surface area contributed by atoms with E-state index in [-0.39, 0.29) is 11.6 Å². The lowest BCUT2D eigenvalue weighted by Gasteiger charge is -2.22. The van der Waals surface area contributed by atoms with Crippen LogP contribution in [0.1, 0.15) is 22.4 Å². The standard InChI is InChI=1S/C17H23FN4OS/c1-5-13-9-20-16(24-13)10-21-17(19-2)22(3)11-12-6-7-15(23-4)14(18)8-12/h6-9H,5,10-11H2,1-4H3,(H,19,21). The van der Waals surface area contributed by atoms with E-state index in [4.69, 9.17) is 4.74 Å². The van der Waals surface area contributed by atoms with Gasteiger partial charge in [0.1, 0.15) is 5.01 Å². The number of nitrogens with zero attached hydrogens (tertiary/aromatic N) is 3. The summed E-state index contributed by atoms with van der Waals surface area (Å²) >= 11 is 1.70. The molecule has 0 saturated heterocycles. The van der Waals surface area contributed by atoms with Crippen molar-refractivity contribution in [2.75, 3.05) is 21.2 Å². The van der Waals surface area contributed by atoms with Crippen LogP contribution in [0.15, 0.2) is 29.4 Å². The Kier molecular flexibility index (Phi) is 6.54. The van der Waals surface area contributed by atoms with E-state index in [0.29, 0.717) is 13.1 Å². The number of benzene rings is 1. The van der Waals surface area contributed by atoms with Crippen molar-refractivity contribution in [3.05, 3.63) is 45.7 Å². The van der Waals surface area contributed by atoms with E-state index in [0.717, 1.165) is 23.0 Å². The van der Waals surface area contributed by atoms with Gasteiger partial charge in [-0.05, 0) is 24.1 Å². The van der Waals surface area contributed by atoms with E-state index in [1.807, 2.05) is 24.2 Å². The average molecular weight is 350 g/mol. The quantitative estimate of drug-likeness (QED) is 0.643. The van der Waals surface area contributed by atoms with Crippen molar-refractivity contribution in [1.29, 1.82) is 0 Å². The number of aryl methyl sites for hydroxylation is 1. The van der Waals surface area contributed by atoms with Crippen molar-refractivity contribution in [2.45, 2.75) is 26.4 Å². The number of guanidine groups is 1. The second-order valence-electron chi connectivity index (χ2n) is 5.30. The molecule has 130 valence electrons. The Morgan fingerprint density at radius 2 is 2.25 bits per heavy atom. The Hall–Kier alpha value is -2.15. The number of aromatic nitrogens is 1. The molecule has 1 aromatic carbocycles. The minimum atomic E-state index is -0.360. The van der Waals surface area contributed by atoms with Gasteiger partial charge in [-0.25, -0.2) is 9.37 Å². The van der Waals surface area contributed by atoms with Crippen LogP contribution in [0.2, 0.25) is 0 Å². The normalized spacial score (nSPS) is 11.5. The minimum Gasteiger partial charge on any atom is -0.494 e. The molecule has 0 aliphatic heterocycles. The summed E-state index contributed by atoms with van der Waals surface area (Å²) in [5.74, 6) is 0.625. The van der Waals surface area contributed by atoms with Gasteiger partial charge in [-0.15, -0.1) is 11.3 Å². The fourth-order valence-corrected chi connectivity index (χ4v) is 3.09. The molecule has 0 saturated carbocycles. The fraction of sp³-hybridized carbons (Fsp3) is 0.412. The molecule has 1 aromatic heterocycles. The highest BCUT2D eigenvalue weighted by atomic mass is 32.1. The van der Waals surface area contributed by atoms with Crippen molar-refractivity contribution in [2.24, 2.45) is 4.99 Å². The van der Waals surface area contributed by atoms with Crippen LogP contribution in [0.25, 0.3) is 0 Å². The maximum atomic E-state index is 13.8. The van der Waals surface area contributed by atoms with Gasteiger partial charge in [0.25, 0.3) is 0 Å². The molecule has 0 bridgehead atoms. The number of nitrogens with one attached hydrogen (secondary N) is 1. The molecule has 0 unspecified atom stereocenters. The Morgan fingerprint density at radius 1 is 1.46 bits per heavy atom. The van der Waals surface area contributed by atoms with Crippen LogP contribution in [0.4, 0.5) is 4.39 Å². The molecule has 24 heavy (non-hydrogen) atoms. The minimum absolute atomic E-state index is 0.249. The first kappa shape index (κ1) is 18.2. The van der Waals surface area contributed by atoms with Gasteiger partial charge >= 0.3 is 0 Å². The lowest BCUT2D eigenvalue weighted by Crippen LogP contribution is -2.38. The molecule has 1 N–H and O–H groups in total. The van der Waals surface area contributed by atoms with Crippen molar-refractivity contribution in [3.63, 3.8) is 0 Å². The van der Waals surface area contributed by atoms with Crippen LogP contribution in [0.3, 0.4) is 0 Å². The molecule has 0 radical (unpaired) electrons. The van der Waals surface area contributed by atoms with E-state index in [1.54, 1.807) is 24.5 Å². The zero-order chi connectivity index (χ0) is 17.5. The number of thiazole rings is 1. The van der Waals surface area contributed by atoms with Crippen LogP contribution in [-0.2, 0) is 19.5 Å². The summed E-state index contributed by atoms with van der Waals surface area (Å²) in [7, 11) is 5.10. The Bertz CT molecular complexity index is 702. The number of aliphatic imine (C=N–C) groups is 1. The molecule has 5 nitrogen and oxygen atoms in total. The highest BCUT2D eigenvalue weighted by molar-refractivity contribution is 7.11. The van der Waals surface area contributed by atoms with Gasteiger partial charge < -0.3 is 15.0 Å². The third-order valence-corrected chi connectivity index (χ3v) is 4.70. The molecule has 0 fully saturated rings. The number of hydrogen-bond acceptors (Lipinski definition) is 4. The zero-order valence-corrected chi connectivity index (χ0v) is 15.3. The second kappa shape index (κ2) is 8.63. The number of ether oxygens (including phenoxy) is 1. The van der Waals surface area contributed by atoms with Crippen molar-refractivity contribution in [3.8, 4) is 5.75 Å². The van der Waals surface area contributed by atoms with E-state index in [9.17, 15) is 4.39 Å². The second-order valence-corrected chi connectivity index (χ2v) is 6.50. The van der Waals surface area contributed by atoms with Crippen LogP contribution in [-0.4, -0.2) is 37.0 Å². The van der Waals surface area contributed by atoms with Crippen LogP contribution in [0, 0.1) is 5.82 Å². The summed E-state index contributed by atoms with van der Waals surface area (Å²) in [6.07, 6.45) is 2.91. The summed E-state index contributed by atoms with van der Waals surface area (Å²) in [5.41, 5.74) is 0.848. The molecule has 0 amide bonds. The predicted molar refractivity (Wildman–Crippen MR) is 96.1 cm³/mol. The number of methoxy groups -OCH3 is 1. The van der Waals surface area contributed by atoms with E-state index in [2.05, 4.69) is 22.2 Å². The van der Waals surface area contributed by atoms with Crippen molar-refractivity contribution in [1.82, 2.24) is 15.2 Å². The van der Waals surface area contributed by atoms with Gasteiger partial charge in [0.15, 0.2) is 17.5 Å². The zero-order valence-electron chi connectivity index (χ0n) is 14.5. The maximum Gasteiger partial charge on any atom is 0.194 e. The van der Waals surface area contributed by atoms with Gasteiger partial charge in [0.05, 0.1) is 13.7 Å². The van der Waals surface area contributed by atoms with Crippen LogP contribution < -0.4 is 10.1 Å². The molecule has 1 heterocycles. The lowest BCUT2D eigenvalue weighted by molar-refractivity contribution is 0.385. The summed E-state index contributed by atoms with van der Waals surface area (Å²) in [6.45, 7) is 3.28. The SMILES string of the molecule is CCc1cnc(CNC(=NC)N(C)Cc2ccc(OC)c(F)c2)s1. The summed E-state index contributed by atoms with van der Waals surface area (Å²) in [5, 5.41) is 4.31. The molecule has 0 spiro atoms. The average Bonchev–Trinajstić information content (AvgIpc) is 3.03. The molecule has 0 aliphatic rings. The number of rotatable bonds is 6. The molecular weight excluding hydrogens is 327 g/mol. The van der Waals surface area contributed by atoms with Gasteiger partial charge in [0, 0.05) is 31.7 Å². The maximum absolute atomic E-state index is 13.8. The topological polar surface area (TPSA) is 49.8 Å². The largest absolute Gasteiger partial charge is 0.494 e. The van der Waals surface area contributed by atoms with E-state index < -0.39 is 0 Å². The fourth-order valence-electron chi connectivity index (χ4n) is 2.29. The molecule has 2 aromatic rings. The van der Waals surface area contributed by atoms with Gasteiger partial charge in [0.2, 0.25) is 0 Å². The summed E-state index contributed by atoms with van der Waals surface area (Å²) in [4.78, 5) is 11.9. The van der Waals surface area contributed by atoms with Crippen LogP contribution >= 0.6 is 11.3 Å². The number of halogens is 1. The Balaban J connectivity index is 1.95. The molecular formula is C17H23FN4OS. The first-order valence-corrected chi connectivity index (χ1v) is 8.56. The lowest BCUT2D eigenvalue weighted by atomic mass is 10.2. The summed E-state index contributed by atoms with van der Waals surface area (Å²) in [6, 6.07) is 4.97.